The zero-order chi connectivity index (χ0) is 9.97. The second kappa shape index (κ2) is 3.94. The van der Waals surface area contributed by atoms with Gasteiger partial charge in [-0.2, -0.15) is 0 Å². The molecule has 2 unspecified atom stereocenters. The van der Waals surface area contributed by atoms with Crippen LogP contribution in [-0.4, -0.2) is 22.8 Å². The van der Waals surface area contributed by atoms with E-state index in [1.807, 2.05) is 0 Å². The molecule has 0 aliphatic carbocycles. The van der Waals surface area contributed by atoms with Crippen molar-refractivity contribution >= 4 is 5.82 Å². The van der Waals surface area contributed by atoms with Gasteiger partial charge in [-0.15, -0.1) is 0 Å². The molecule has 1 aliphatic rings. The van der Waals surface area contributed by atoms with Gasteiger partial charge in [-0.25, -0.2) is 4.98 Å². The van der Waals surface area contributed by atoms with Crippen molar-refractivity contribution in [2.24, 2.45) is 0 Å². The Labute approximate surface area is 82.7 Å². The molecule has 0 bridgehead atoms. The van der Waals surface area contributed by atoms with Crippen molar-refractivity contribution in [3.63, 3.8) is 0 Å². The number of aromatic nitrogens is 1. The molecule has 1 saturated heterocycles. The summed E-state index contributed by atoms with van der Waals surface area (Å²) in [6, 6.07) is 3.55. The van der Waals surface area contributed by atoms with Crippen LogP contribution in [0.5, 0.6) is 0 Å². The Kier molecular flexibility index (Phi) is 2.65. The van der Waals surface area contributed by atoms with Gasteiger partial charge in [0.05, 0.1) is 6.10 Å². The van der Waals surface area contributed by atoms with Crippen molar-refractivity contribution in [2.45, 2.75) is 25.0 Å². The van der Waals surface area contributed by atoms with Gasteiger partial charge in [0.15, 0.2) is 0 Å². The molecule has 14 heavy (non-hydrogen) atoms. The first-order chi connectivity index (χ1) is 6.79. The number of hydrogen-bond donors (Lipinski definition) is 2. The Morgan fingerprint density at radius 2 is 2.50 bits per heavy atom. The minimum atomic E-state index is -0.647. The van der Waals surface area contributed by atoms with Crippen LogP contribution in [0.1, 0.15) is 24.5 Å². The molecule has 2 heterocycles. The largest absolute Gasteiger partial charge is 0.386 e. The van der Waals surface area contributed by atoms with Gasteiger partial charge in [-0.3, -0.25) is 0 Å². The summed E-state index contributed by atoms with van der Waals surface area (Å²) in [7, 11) is 0. The van der Waals surface area contributed by atoms with E-state index in [0.717, 1.165) is 19.4 Å². The number of pyridine rings is 1. The molecule has 1 aliphatic heterocycles. The van der Waals surface area contributed by atoms with Crippen LogP contribution in [-0.2, 0) is 4.74 Å². The molecule has 0 saturated carbocycles. The Morgan fingerprint density at radius 1 is 1.64 bits per heavy atom. The Morgan fingerprint density at radius 3 is 3.14 bits per heavy atom. The zero-order valence-corrected chi connectivity index (χ0v) is 7.89. The number of hydrogen-bond acceptors (Lipinski definition) is 4. The van der Waals surface area contributed by atoms with Gasteiger partial charge < -0.3 is 15.6 Å². The lowest BCUT2D eigenvalue weighted by molar-refractivity contribution is -0.00234. The highest BCUT2D eigenvalue weighted by atomic mass is 16.5. The van der Waals surface area contributed by atoms with Gasteiger partial charge in [0.1, 0.15) is 11.9 Å². The van der Waals surface area contributed by atoms with Crippen LogP contribution < -0.4 is 5.73 Å². The third-order valence-corrected chi connectivity index (χ3v) is 2.51. The average Bonchev–Trinajstić information content (AvgIpc) is 2.70. The van der Waals surface area contributed by atoms with E-state index in [9.17, 15) is 5.11 Å². The van der Waals surface area contributed by atoms with Crippen LogP contribution in [0.15, 0.2) is 18.3 Å². The van der Waals surface area contributed by atoms with Crippen molar-refractivity contribution in [2.75, 3.05) is 12.3 Å². The van der Waals surface area contributed by atoms with Crippen LogP contribution in [0.4, 0.5) is 5.82 Å². The molecular formula is C10H14N2O2. The molecule has 3 N–H and O–H groups in total. The quantitative estimate of drug-likeness (QED) is 0.733. The fourth-order valence-electron chi connectivity index (χ4n) is 1.73. The molecule has 1 fully saturated rings. The third kappa shape index (κ3) is 1.71. The highest BCUT2D eigenvalue weighted by molar-refractivity contribution is 5.40. The summed E-state index contributed by atoms with van der Waals surface area (Å²) >= 11 is 0. The van der Waals surface area contributed by atoms with E-state index in [0.29, 0.717) is 11.4 Å². The summed E-state index contributed by atoms with van der Waals surface area (Å²) in [6.45, 7) is 0.724. The van der Waals surface area contributed by atoms with E-state index in [2.05, 4.69) is 4.98 Å². The summed E-state index contributed by atoms with van der Waals surface area (Å²) in [5.74, 6) is 0.385. The molecule has 76 valence electrons. The van der Waals surface area contributed by atoms with Crippen LogP contribution >= 0.6 is 0 Å². The first-order valence-electron chi connectivity index (χ1n) is 4.79. The van der Waals surface area contributed by atoms with Crippen molar-refractivity contribution in [3.05, 3.63) is 23.9 Å². The van der Waals surface area contributed by atoms with E-state index in [4.69, 9.17) is 10.5 Å². The maximum atomic E-state index is 9.96. The highest BCUT2D eigenvalue weighted by Gasteiger charge is 2.26. The summed E-state index contributed by atoms with van der Waals surface area (Å²) < 4.78 is 5.39. The third-order valence-electron chi connectivity index (χ3n) is 2.51. The Hall–Kier alpha value is -1.13. The predicted molar refractivity (Wildman–Crippen MR) is 52.6 cm³/mol. The minimum absolute atomic E-state index is 0.124. The number of ether oxygens (including phenoxy) is 1. The predicted octanol–water partition coefficient (Wildman–Crippen LogP) is 0.876. The maximum absolute atomic E-state index is 9.96. The molecule has 2 atom stereocenters. The normalized spacial score (nSPS) is 23.6. The van der Waals surface area contributed by atoms with Crippen LogP contribution in [0.3, 0.4) is 0 Å². The Balaban J connectivity index is 2.17. The number of aliphatic hydroxyl groups is 1. The molecule has 0 radical (unpaired) electrons. The monoisotopic (exact) mass is 194 g/mol. The van der Waals surface area contributed by atoms with E-state index in [-0.39, 0.29) is 6.10 Å². The first-order valence-corrected chi connectivity index (χ1v) is 4.79. The van der Waals surface area contributed by atoms with Crippen LogP contribution in [0.2, 0.25) is 0 Å². The molecule has 1 aromatic heterocycles. The van der Waals surface area contributed by atoms with Gasteiger partial charge >= 0.3 is 0 Å². The van der Waals surface area contributed by atoms with Crippen molar-refractivity contribution in [1.29, 1.82) is 0 Å². The molecule has 4 nitrogen and oxygen atoms in total. The lowest BCUT2D eigenvalue weighted by atomic mass is 10.0. The summed E-state index contributed by atoms with van der Waals surface area (Å²) in [5, 5.41) is 9.96. The van der Waals surface area contributed by atoms with Gasteiger partial charge in [-0.1, -0.05) is 6.07 Å². The number of aliphatic hydroxyl groups excluding tert-OH is 1. The standard InChI is InChI=1S/C10H14N2O2/c11-10-7(3-1-5-12-10)9(13)8-4-2-6-14-8/h1,3,5,8-9,13H,2,4,6H2,(H2,11,12). The molecule has 0 amide bonds. The molecular weight excluding hydrogens is 180 g/mol. The highest BCUT2D eigenvalue weighted by Crippen LogP contribution is 2.28. The number of nitrogens with zero attached hydrogens (tertiary/aromatic N) is 1. The number of nitrogens with two attached hydrogens (primary N) is 1. The lowest BCUT2D eigenvalue weighted by Gasteiger charge is -2.18. The van der Waals surface area contributed by atoms with E-state index >= 15 is 0 Å². The molecule has 0 aromatic carbocycles. The number of rotatable bonds is 2. The van der Waals surface area contributed by atoms with Gasteiger partial charge in [0.2, 0.25) is 0 Å². The topological polar surface area (TPSA) is 68.4 Å². The van der Waals surface area contributed by atoms with Gasteiger partial charge in [-0.05, 0) is 18.9 Å². The lowest BCUT2D eigenvalue weighted by Crippen LogP contribution is -2.18. The Bertz CT molecular complexity index is 311. The van der Waals surface area contributed by atoms with E-state index in [1.165, 1.54) is 0 Å². The second-order valence-corrected chi connectivity index (χ2v) is 3.47. The van der Waals surface area contributed by atoms with Crippen molar-refractivity contribution in [3.8, 4) is 0 Å². The maximum Gasteiger partial charge on any atom is 0.129 e. The zero-order valence-electron chi connectivity index (χ0n) is 7.89. The smallest absolute Gasteiger partial charge is 0.129 e. The van der Waals surface area contributed by atoms with E-state index < -0.39 is 6.10 Å². The molecule has 2 rings (SSSR count). The fourth-order valence-corrected chi connectivity index (χ4v) is 1.73. The van der Waals surface area contributed by atoms with Crippen molar-refractivity contribution in [1.82, 2.24) is 4.98 Å². The van der Waals surface area contributed by atoms with Gasteiger partial charge in [0.25, 0.3) is 0 Å². The number of nitrogen functional groups attached to an aromatic ring is 1. The number of anilines is 1. The molecule has 0 spiro atoms. The molecule has 1 aromatic rings. The average molecular weight is 194 g/mol. The van der Waals surface area contributed by atoms with Crippen LogP contribution in [0.25, 0.3) is 0 Å². The molecule has 4 heteroatoms. The van der Waals surface area contributed by atoms with Crippen molar-refractivity contribution < 1.29 is 9.84 Å². The summed E-state index contributed by atoms with van der Waals surface area (Å²) in [4.78, 5) is 3.93. The van der Waals surface area contributed by atoms with Crippen LogP contribution in [0, 0.1) is 0 Å². The fraction of sp³-hybridized carbons (Fsp3) is 0.500. The first kappa shape index (κ1) is 9.43. The SMILES string of the molecule is Nc1ncccc1C(O)C1CCCO1. The summed E-state index contributed by atoms with van der Waals surface area (Å²) in [5.41, 5.74) is 6.33. The van der Waals surface area contributed by atoms with E-state index in [1.54, 1.807) is 18.3 Å². The summed E-state index contributed by atoms with van der Waals surface area (Å²) in [6.07, 6.45) is 2.73. The second-order valence-electron chi connectivity index (χ2n) is 3.47. The van der Waals surface area contributed by atoms with Gasteiger partial charge in [0, 0.05) is 18.4 Å². The minimum Gasteiger partial charge on any atom is -0.386 e.